The fraction of sp³-hybridized carbons (Fsp3) is 0.350. The molecule has 0 bridgehead atoms. The van der Waals surface area contributed by atoms with Gasteiger partial charge in [0.05, 0.1) is 28.3 Å². The first kappa shape index (κ1) is 20.0. The lowest BCUT2D eigenvalue weighted by molar-refractivity contribution is -0.127. The Morgan fingerprint density at radius 2 is 1.86 bits per heavy atom. The summed E-state index contributed by atoms with van der Waals surface area (Å²) in [5.74, 6) is 1.04. The average Bonchev–Trinajstić information content (AvgIpc) is 2.73. The number of nitrogens with zero attached hydrogens (tertiary/aromatic N) is 1. The number of benzene rings is 2. The number of sulfonamides is 1. The summed E-state index contributed by atoms with van der Waals surface area (Å²) >= 11 is 0. The third kappa shape index (κ3) is 3.91. The summed E-state index contributed by atoms with van der Waals surface area (Å²) in [4.78, 5) is 14.2. The monoisotopic (exact) mass is 404 g/mol. The molecule has 1 aliphatic heterocycles. The van der Waals surface area contributed by atoms with E-state index in [9.17, 15) is 13.2 Å². The first-order valence-corrected chi connectivity index (χ1v) is 10.4. The minimum atomic E-state index is -3.78. The number of carbonyl (C=O) groups is 1. The second-order valence-corrected chi connectivity index (χ2v) is 8.91. The third-order valence-corrected chi connectivity index (χ3v) is 5.89. The molecule has 0 saturated heterocycles. The van der Waals surface area contributed by atoms with Gasteiger partial charge < -0.3 is 14.4 Å². The smallest absolute Gasteiger partial charge is 0.261 e. The molecule has 2 aromatic carbocycles. The zero-order valence-corrected chi connectivity index (χ0v) is 17.2. The molecule has 0 aliphatic carbocycles. The molecule has 1 heterocycles. The van der Waals surface area contributed by atoms with Crippen LogP contribution in [0.2, 0.25) is 0 Å². The van der Waals surface area contributed by atoms with Crippen LogP contribution in [0.5, 0.6) is 11.5 Å². The van der Waals surface area contributed by atoms with Crippen LogP contribution in [0.1, 0.15) is 20.8 Å². The number of anilines is 2. The number of nitrogens with one attached hydrogen (secondary N) is 1. The summed E-state index contributed by atoms with van der Waals surface area (Å²) in [7, 11) is -2.13. The summed E-state index contributed by atoms with van der Waals surface area (Å²) in [5, 5.41) is 0. The van der Waals surface area contributed by atoms with Crippen molar-refractivity contribution in [3.8, 4) is 11.5 Å². The number of ether oxygens (including phenoxy) is 2. The first-order valence-electron chi connectivity index (χ1n) is 8.95. The fourth-order valence-corrected chi connectivity index (χ4v) is 3.99. The zero-order chi connectivity index (χ0) is 20.5. The topological polar surface area (TPSA) is 84.9 Å². The van der Waals surface area contributed by atoms with E-state index in [1.807, 2.05) is 20.8 Å². The minimum absolute atomic E-state index is 0.0993. The second-order valence-electron chi connectivity index (χ2n) is 7.23. The quantitative estimate of drug-likeness (QED) is 0.827. The lowest BCUT2D eigenvalue weighted by atomic mass is 9.93. The lowest BCUT2D eigenvalue weighted by Crippen LogP contribution is -2.39. The molecule has 0 fully saturated rings. The predicted molar refractivity (Wildman–Crippen MR) is 108 cm³/mol. The summed E-state index contributed by atoms with van der Waals surface area (Å²) in [6.45, 7) is 6.24. The van der Waals surface area contributed by atoms with Gasteiger partial charge in [0.1, 0.15) is 18.1 Å². The van der Waals surface area contributed by atoms with Gasteiger partial charge in [-0.3, -0.25) is 9.52 Å². The van der Waals surface area contributed by atoms with Gasteiger partial charge in [-0.05, 0) is 63.2 Å². The Balaban J connectivity index is 1.88. The van der Waals surface area contributed by atoms with E-state index in [0.29, 0.717) is 29.5 Å². The zero-order valence-electron chi connectivity index (χ0n) is 16.4. The van der Waals surface area contributed by atoms with Gasteiger partial charge in [0.25, 0.3) is 10.0 Å². The molecule has 28 heavy (non-hydrogen) atoms. The van der Waals surface area contributed by atoms with E-state index in [0.717, 1.165) is 0 Å². The maximum absolute atomic E-state index is 12.7. The molecule has 150 valence electrons. The molecule has 3 rings (SSSR count). The van der Waals surface area contributed by atoms with Crippen molar-refractivity contribution in [2.24, 2.45) is 5.41 Å². The lowest BCUT2D eigenvalue weighted by Gasteiger charge is -2.24. The molecule has 1 N–H and O–H groups in total. The minimum Gasteiger partial charge on any atom is -0.494 e. The predicted octanol–water partition coefficient (Wildman–Crippen LogP) is 3.27. The molecule has 1 aliphatic rings. The molecular formula is C20H24N2O5S. The third-order valence-electron chi connectivity index (χ3n) is 4.49. The van der Waals surface area contributed by atoms with Gasteiger partial charge in [0, 0.05) is 7.05 Å². The number of hydrogen-bond donors (Lipinski definition) is 1. The molecule has 0 aromatic heterocycles. The molecule has 0 saturated carbocycles. The van der Waals surface area contributed by atoms with Crippen LogP contribution in [0.15, 0.2) is 47.4 Å². The molecule has 0 spiro atoms. The van der Waals surface area contributed by atoms with Crippen molar-refractivity contribution in [2.45, 2.75) is 25.7 Å². The molecule has 0 unspecified atom stereocenters. The normalized spacial score (nSPS) is 16.0. The molecule has 7 nitrogen and oxygen atoms in total. The van der Waals surface area contributed by atoms with Crippen molar-refractivity contribution < 1.29 is 22.7 Å². The Labute approximate surface area is 165 Å². The molecule has 1 amide bonds. The van der Waals surface area contributed by atoms with Gasteiger partial charge in [-0.1, -0.05) is 0 Å². The van der Waals surface area contributed by atoms with E-state index in [1.54, 1.807) is 37.4 Å². The van der Waals surface area contributed by atoms with Crippen molar-refractivity contribution in [1.82, 2.24) is 0 Å². The summed E-state index contributed by atoms with van der Waals surface area (Å²) in [6.07, 6.45) is 0. The summed E-state index contributed by atoms with van der Waals surface area (Å²) < 4.78 is 39.0. The molecule has 2 aromatic rings. The Hall–Kier alpha value is -2.74. The van der Waals surface area contributed by atoms with E-state index in [-0.39, 0.29) is 17.4 Å². The van der Waals surface area contributed by atoms with Gasteiger partial charge in [-0.15, -0.1) is 0 Å². The van der Waals surface area contributed by atoms with Crippen molar-refractivity contribution in [2.75, 3.05) is 29.9 Å². The highest BCUT2D eigenvalue weighted by atomic mass is 32.2. The van der Waals surface area contributed by atoms with Crippen LogP contribution in [0.3, 0.4) is 0 Å². The van der Waals surface area contributed by atoms with Crippen molar-refractivity contribution in [3.05, 3.63) is 42.5 Å². The van der Waals surface area contributed by atoms with Gasteiger partial charge in [0.2, 0.25) is 5.91 Å². The molecule has 8 heteroatoms. The van der Waals surface area contributed by atoms with E-state index < -0.39 is 15.4 Å². The highest BCUT2D eigenvalue weighted by Gasteiger charge is 2.36. The summed E-state index contributed by atoms with van der Waals surface area (Å²) in [6, 6.07) is 11.1. The van der Waals surface area contributed by atoms with E-state index in [4.69, 9.17) is 9.47 Å². The fourth-order valence-electron chi connectivity index (χ4n) is 2.94. The molecule has 0 atom stereocenters. The van der Waals surface area contributed by atoms with Gasteiger partial charge in [-0.2, -0.15) is 0 Å². The Morgan fingerprint density at radius 1 is 1.18 bits per heavy atom. The largest absolute Gasteiger partial charge is 0.494 e. The Bertz CT molecular complexity index is 984. The number of rotatable bonds is 5. The second kappa shape index (κ2) is 7.35. The molecule has 0 radical (unpaired) electrons. The van der Waals surface area contributed by atoms with Crippen molar-refractivity contribution in [1.29, 1.82) is 0 Å². The average molecular weight is 404 g/mol. The standard InChI is InChI=1S/C20H24N2O5S/c1-5-26-15-7-9-16(10-8-15)28(24,25)21-14-6-11-18-17(12-14)22(4)19(23)20(2,3)13-27-18/h6-12,21H,5,13H2,1-4H3. The Morgan fingerprint density at radius 3 is 2.50 bits per heavy atom. The first-order chi connectivity index (χ1) is 13.1. The number of fused-ring (bicyclic) bond motifs is 1. The molecular weight excluding hydrogens is 380 g/mol. The maximum atomic E-state index is 12.7. The number of amides is 1. The van der Waals surface area contributed by atoms with Crippen LogP contribution >= 0.6 is 0 Å². The van der Waals surface area contributed by atoms with Crippen LogP contribution in [-0.4, -0.2) is 34.6 Å². The van der Waals surface area contributed by atoms with Crippen LogP contribution < -0.4 is 19.1 Å². The number of hydrogen-bond acceptors (Lipinski definition) is 5. The van der Waals surface area contributed by atoms with Crippen LogP contribution in [0.4, 0.5) is 11.4 Å². The van der Waals surface area contributed by atoms with Crippen LogP contribution in [0.25, 0.3) is 0 Å². The highest BCUT2D eigenvalue weighted by Crippen LogP contribution is 2.37. The maximum Gasteiger partial charge on any atom is 0.261 e. The van der Waals surface area contributed by atoms with Gasteiger partial charge in [-0.25, -0.2) is 8.42 Å². The van der Waals surface area contributed by atoms with Crippen molar-refractivity contribution >= 4 is 27.3 Å². The van der Waals surface area contributed by atoms with Crippen molar-refractivity contribution in [3.63, 3.8) is 0 Å². The van der Waals surface area contributed by atoms with Crippen LogP contribution in [-0.2, 0) is 14.8 Å². The van der Waals surface area contributed by atoms with Gasteiger partial charge >= 0.3 is 0 Å². The van der Waals surface area contributed by atoms with Gasteiger partial charge in [0.15, 0.2) is 0 Å². The van der Waals surface area contributed by atoms with E-state index in [2.05, 4.69) is 4.72 Å². The SMILES string of the molecule is CCOc1ccc(S(=O)(=O)Nc2ccc3c(c2)N(C)C(=O)C(C)(C)CO3)cc1. The number of carbonyl (C=O) groups excluding carboxylic acids is 1. The Kier molecular flexibility index (Phi) is 5.25. The van der Waals surface area contributed by atoms with E-state index in [1.165, 1.54) is 17.0 Å². The van der Waals surface area contributed by atoms with Crippen LogP contribution in [0, 0.1) is 5.41 Å². The summed E-state index contributed by atoms with van der Waals surface area (Å²) in [5.41, 5.74) is 0.188. The van der Waals surface area contributed by atoms with E-state index >= 15 is 0 Å². The highest BCUT2D eigenvalue weighted by molar-refractivity contribution is 7.92.